The summed E-state index contributed by atoms with van der Waals surface area (Å²) >= 11 is 0. The molecule has 1 aliphatic rings. The van der Waals surface area contributed by atoms with Gasteiger partial charge in [0, 0.05) is 17.8 Å². The first kappa shape index (κ1) is 12.5. The number of nitro groups is 1. The highest BCUT2D eigenvalue weighted by Crippen LogP contribution is 2.16. The van der Waals surface area contributed by atoms with E-state index in [1.165, 1.54) is 12.1 Å². The van der Waals surface area contributed by atoms with Gasteiger partial charge in [-0.3, -0.25) is 14.9 Å². The smallest absolute Gasteiger partial charge is 0.269 e. The Labute approximate surface area is 105 Å². The van der Waals surface area contributed by atoms with Crippen LogP contribution in [0.4, 0.5) is 11.4 Å². The zero-order valence-corrected chi connectivity index (χ0v) is 9.89. The SMILES string of the molecule is O=C(Nc1ccc([N+](=O)[O-])cc1)C1CCCCN1. The van der Waals surface area contributed by atoms with Crippen LogP contribution in [0.3, 0.4) is 0 Å². The largest absolute Gasteiger partial charge is 0.325 e. The average Bonchev–Trinajstić information content (AvgIpc) is 2.40. The minimum Gasteiger partial charge on any atom is -0.325 e. The van der Waals surface area contributed by atoms with E-state index in [0.29, 0.717) is 5.69 Å². The second-order valence-electron chi connectivity index (χ2n) is 4.30. The number of non-ortho nitro benzene ring substituents is 1. The molecule has 6 nitrogen and oxygen atoms in total. The number of nitrogens with zero attached hydrogens (tertiary/aromatic N) is 1. The van der Waals surface area contributed by atoms with Gasteiger partial charge in [0.25, 0.3) is 5.69 Å². The van der Waals surface area contributed by atoms with Gasteiger partial charge in [0.05, 0.1) is 11.0 Å². The molecule has 0 spiro atoms. The van der Waals surface area contributed by atoms with Crippen molar-refractivity contribution in [3.63, 3.8) is 0 Å². The van der Waals surface area contributed by atoms with Crippen LogP contribution in [-0.2, 0) is 4.79 Å². The fraction of sp³-hybridized carbons (Fsp3) is 0.417. The third-order valence-electron chi connectivity index (χ3n) is 2.97. The highest BCUT2D eigenvalue weighted by molar-refractivity contribution is 5.94. The minimum absolute atomic E-state index is 0.0174. The van der Waals surface area contributed by atoms with Crippen molar-refractivity contribution >= 4 is 17.3 Å². The Morgan fingerprint density at radius 2 is 2.06 bits per heavy atom. The summed E-state index contributed by atoms with van der Waals surface area (Å²) in [5.41, 5.74) is 0.599. The summed E-state index contributed by atoms with van der Waals surface area (Å²) in [5, 5.41) is 16.4. The van der Waals surface area contributed by atoms with Crippen LogP contribution in [0.25, 0.3) is 0 Å². The predicted octanol–water partition coefficient (Wildman–Crippen LogP) is 1.68. The molecule has 1 unspecified atom stereocenters. The summed E-state index contributed by atoms with van der Waals surface area (Å²) in [4.78, 5) is 21.9. The Morgan fingerprint density at radius 3 is 2.61 bits per heavy atom. The number of piperidine rings is 1. The van der Waals surface area contributed by atoms with E-state index in [0.717, 1.165) is 25.8 Å². The topological polar surface area (TPSA) is 84.3 Å². The number of carbonyl (C=O) groups excluding carboxylic acids is 1. The van der Waals surface area contributed by atoms with E-state index in [-0.39, 0.29) is 17.6 Å². The number of amides is 1. The number of nitro benzene ring substituents is 1. The fourth-order valence-electron chi connectivity index (χ4n) is 1.97. The molecule has 0 saturated carbocycles. The van der Waals surface area contributed by atoms with Gasteiger partial charge in [0.1, 0.15) is 0 Å². The lowest BCUT2D eigenvalue weighted by Gasteiger charge is -2.22. The lowest BCUT2D eigenvalue weighted by atomic mass is 10.0. The number of carbonyl (C=O) groups is 1. The molecular weight excluding hydrogens is 234 g/mol. The summed E-state index contributed by atoms with van der Waals surface area (Å²) in [6.45, 7) is 0.859. The molecule has 1 aromatic carbocycles. The summed E-state index contributed by atoms with van der Waals surface area (Å²) in [6.07, 6.45) is 2.98. The zero-order chi connectivity index (χ0) is 13.0. The molecule has 96 valence electrons. The summed E-state index contributed by atoms with van der Waals surface area (Å²) in [5.74, 6) is -0.0800. The Hall–Kier alpha value is -1.95. The maximum Gasteiger partial charge on any atom is 0.269 e. The van der Waals surface area contributed by atoms with Crippen LogP contribution in [0.2, 0.25) is 0 Å². The fourth-order valence-corrected chi connectivity index (χ4v) is 1.97. The van der Waals surface area contributed by atoms with Crippen LogP contribution in [-0.4, -0.2) is 23.4 Å². The number of hydrogen-bond donors (Lipinski definition) is 2. The Kier molecular flexibility index (Phi) is 3.88. The molecule has 6 heteroatoms. The minimum atomic E-state index is -0.464. The quantitative estimate of drug-likeness (QED) is 0.630. The summed E-state index contributed by atoms with van der Waals surface area (Å²) in [7, 11) is 0. The van der Waals surface area contributed by atoms with E-state index in [1.807, 2.05) is 0 Å². The van der Waals surface area contributed by atoms with Crippen LogP contribution in [0, 0.1) is 10.1 Å². The maximum absolute atomic E-state index is 11.9. The number of rotatable bonds is 3. The second kappa shape index (κ2) is 5.59. The van der Waals surface area contributed by atoms with E-state index in [2.05, 4.69) is 10.6 Å². The maximum atomic E-state index is 11.9. The highest BCUT2D eigenvalue weighted by Gasteiger charge is 2.20. The van der Waals surface area contributed by atoms with Crippen LogP contribution in [0.15, 0.2) is 24.3 Å². The van der Waals surface area contributed by atoms with Crippen molar-refractivity contribution in [1.82, 2.24) is 5.32 Å². The summed E-state index contributed by atoms with van der Waals surface area (Å²) < 4.78 is 0. The highest BCUT2D eigenvalue weighted by atomic mass is 16.6. The number of hydrogen-bond acceptors (Lipinski definition) is 4. The standard InChI is InChI=1S/C12H15N3O3/c16-12(11-3-1-2-8-13-11)14-9-4-6-10(7-5-9)15(17)18/h4-7,11,13H,1-3,8H2,(H,14,16). The third kappa shape index (κ3) is 3.04. The molecule has 1 saturated heterocycles. The molecular formula is C12H15N3O3. The van der Waals surface area contributed by atoms with E-state index in [9.17, 15) is 14.9 Å². The van der Waals surface area contributed by atoms with Crippen molar-refractivity contribution in [2.24, 2.45) is 0 Å². The van der Waals surface area contributed by atoms with Gasteiger partial charge in [0.15, 0.2) is 0 Å². The second-order valence-corrected chi connectivity index (χ2v) is 4.30. The van der Waals surface area contributed by atoms with Crippen LogP contribution in [0.1, 0.15) is 19.3 Å². The van der Waals surface area contributed by atoms with Gasteiger partial charge in [-0.2, -0.15) is 0 Å². The van der Waals surface area contributed by atoms with Crippen molar-refractivity contribution in [3.8, 4) is 0 Å². The van der Waals surface area contributed by atoms with Crippen LogP contribution < -0.4 is 10.6 Å². The molecule has 1 heterocycles. The van der Waals surface area contributed by atoms with Crippen molar-refractivity contribution in [2.45, 2.75) is 25.3 Å². The Balaban J connectivity index is 1.96. The Morgan fingerprint density at radius 1 is 1.33 bits per heavy atom. The van der Waals surface area contributed by atoms with Gasteiger partial charge in [-0.05, 0) is 31.5 Å². The number of benzene rings is 1. The average molecular weight is 249 g/mol. The molecule has 1 atom stereocenters. The van der Waals surface area contributed by atoms with Crippen molar-refractivity contribution in [1.29, 1.82) is 0 Å². The van der Waals surface area contributed by atoms with Crippen molar-refractivity contribution in [3.05, 3.63) is 34.4 Å². The molecule has 0 bridgehead atoms. The summed E-state index contributed by atoms with van der Waals surface area (Å²) in [6, 6.07) is 5.68. The van der Waals surface area contributed by atoms with E-state index < -0.39 is 4.92 Å². The molecule has 2 rings (SSSR count). The Bertz CT molecular complexity index is 438. The molecule has 0 aliphatic carbocycles. The molecule has 0 aromatic heterocycles. The van der Waals surface area contributed by atoms with Gasteiger partial charge in [-0.15, -0.1) is 0 Å². The van der Waals surface area contributed by atoms with Crippen LogP contribution >= 0.6 is 0 Å². The van der Waals surface area contributed by atoms with Gasteiger partial charge in [-0.1, -0.05) is 6.42 Å². The van der Waals surface area contributed by atoms with Gasteiger partial charge in [-0.25, -0.2) is 0 Å². The van der Waals surface area contributed by atoms with Gasteiger partial charge < -0.3 is 10.6 Å². The number of anilines is 1. The molecule has 2 N–H and O–H groups in total. The van der Waals surface area contributed by atoms with Gasteiger partial charge in [0.2, 0.25) is 5.91 Å². The first-order valence-corrected chi connectivity index (χ1v) is 5.95. The molecule has 1 amide bonds. The van der Waals surface area contributed by atoms with Crippen molar-refractivity contribution < 1.29 is 9.72 Å². The molecule has 1 aromatic rings. The lowest BCUT2D eigenvalue weighted by Crippen LogP contribution is -2.43. The van der Waals surface area contributed by atoms with Crippen LogP contribution in [0.5, 0.6) is 0 Å². The number of nitrogens with one attached hydrogen (secondary N) is 2. The van der Waals surface area contributed by atoms with E-state index >= 15 is 0 Å². The van der Waals surface area contributed by atoms with Crippen molar-refractivity contribution in [2.75, 3.05) is 11.9 Å². The molecule has 18 heavy (non-hydrogen) atoms. The normalized spacial score (nSPS) is 19.2. The first-order chi connectivity index (χ1) is 8.66. The molecule has 1 aliphatic heterocycles. The zero-order valence-electron chi connectivity index (χ0n) is 9.89. The lowest BCUT2D eigenvalue weighted by molar-refractivity contribution is -0.384. The third-order valence-corrected chi connectivity index (χ3v) is 2.97. The predicted molar refractivity (Wildman–Crippen MR) is 67.4 cm³/mol. The van der Waals surface area contributed by atoms with E-state index in [4.69, 9.17) is 0 Å². The van der Waals surface area contributed by atoms with Gasteiger partial charge >= 0.3 is 0 Å². The molecule has 1 fully saturated rings. The van der Waals surface area contributed by atoms with E-state index in [1.54, 1.807) is 12.1 Å². The molecule has 0 radical (unpaired) electrons. The first-order valence-electron chi connectivity index (χ1n) is 5.95. The monoisotopic (exact) mass is 249 g/mol.